The number of aliphatic hydroxyl groups excluding tert-OH is 2. The fourth-order valence-corrected chi connectivity index (χ4v) is 0.934. The van der Waals surface area contributed by atoms with Crippen LogP contribution in [0, 0.1) is 0 Å². The molecule has 1 atom stereocenters. The van der Waals surface area contributed by atoms with Gasteiger partial charge in [-0.25, -0.2) is 0 Å². The molecule has 1 rings (SSSR count). The Morgan fingerprint density at radius 1 is 1.21 bits per heavy atom. The second-order valence-electron chi connectivity index (χ2n) is 2.92. The lowest BCUT2D eigenvalue weighted by Crippen LogP contribution is -2.22. The van der Waals surface area contributed by atoms with Crippen LogP contribution in [0.3, 0.4) is 0 Å². The predicted octanol–water partition coefficient (Wildman–Crippen LogP) is -0.137. The number of anilines is 1. The van der Waals surface area contributed by atoms with Crippen molar-refractivity contribution < 1.29 is 20.4 Å². The summed E-state index contributed by atoms with van der Waals surface area (Å²) in [4.78, 5) is 0. The van der Waals surface area contributed by atoms with Crippen LogP contribution in [0.25, 0.3) is 0 Å². The molecule has 78 valence electrons. The van der Waals surface area contributed by atoms with Crippen LogP contribution in [0.5, 0.6) is 11.5 Å². The number of phenolic OH excluding ortho intramolecular Hbond substituents is 2. The molecule has 0 aliphatic rings. The molecule has 0 heterocycles. The van der Waals surface area contributed by atoms with Gasteiger partial charge in [0.2, 0.25) is 0 Å². The van der Waals surface area contributed by atoms with Gasteiger partial charge in [0.25, 0.3) is 0 Å². The van der Waals surface area contributed by atoms with E-state index >= 15 is 0 Å². The Kier molecular flexibility index (Phi) is 3.55. The van der Waals surface area contributed by atoms with Gasteiger partial charge in [-0.15, -0.1) is 0 Å². The largest absolute Gasteiger partial charge is 0.504 e. The molecular weight excluding hydrogens is 186 g/mol. The van der Waals surface area contributed by atoms with Gasteiger partial charge in [0.1, 0.15) is 0 Å². The summed E-state index contributed by atoms with van der Waals surface area (Å²) < 4.78 is 0. The number of hydrogen-bond acceptors (Lipinski definition) is 5. The van der Waals surface area contributed by atoms with Gasteiger partial charge >= 0.3 is 0 Å². The van der Waals surface area contributed by atoms with Crippen LogP contribution >= 0.6 is 0 Å². The lowest BCUT2D eigenvalue weighted by Gasteiger charge is -2.10. The van der Waals surface area contributed by atoms with Crippen molar-refractivity contribution in [2.75, 3.05) is 18.5 Å². The third kappa shape index (κ3) is 2.79. The third-order valence-corrected chi connectivity index (χ3v) is 1.73. The Morgan fingerprint density at radius 3 is 2.50 bits per heavy atom. The minimum Gasteiger partial charge on any atom is -0.504 e. The fraction of sp³-hybridized carbons (Fsp3) is 0.333. The number of aliphatic hydroxyl groups is 2. The molecule has 5 heteroatoms. The summed E-state index contributed by atoms with van der Waals surface area (Å²) in [7, 11) is 0. The van der Waals surface area contributed by atoms with E-state index in [1.807, 2.05) is 0 Å². The Bertz CT molecular complexity index is 303. The molecule has 0 aromatic heterocycles. The number of hydrogen-bond donors (Lipinski definition) is 5. The average molecular weight is 199 g/mol. The normalized spacial score (nSPS) is 12.4. The number of aromatic hydroxyl groups is 2. The van der Waals surface area contributed by atoms with Crippen LogP contribution in [0.15, 0.2) is 18.2 Å². The molecule has 0 radical (unpaired) electrons. The fourth-order valence-electron chi connectivity index (χ4n) is 0.934. The SMILES string of the molecule is OCC(O)CNc1ccc(O)c(O)c1. The van der Waals surface area contributed by atoms with E-state index in [-0.39, 0.29) is 24.7 Å². The zero-order valence-corrected chi connectivity index (χ0v) is 7.51. The van der Waals surface area contributed by atoms with Crippen molar-refractivity contribution in [1.29, 1.82) is 0 Å². The van der Waals surface area contributed by atoms with Gasteiger partial charge in [-0.05, 0) is 12.1 Å². The second kappa shape index (κ2) is 4.69. The summed E-state index contributed by atoms with van der Waals surface area (Å²) in [6.07, 6.45) is -0.842. The monoisotopic (exact) mass is 199 g/mol. The van der Waals surface area contributed by atoms with Crippen LogP contribution in [0.1, 0.15) is 0 Å². The number of benzene rings is 1. The van der Waals surface area contributed by atoms with Crippen LogP contribution in [0.2, 0.25) is 0 Å². The maximum absolute atomic E-state index is 9.12. The van der Waals surface area contributed by atoms with Gasteiger partial charge in [0.05, 0.1) is 12.7 Å². The van der Waals surface area contributed by atoms with E-state index in [1.54, 1.807) is 6.07 Å². The number of nitrogens with one attached hydrogen (secondary N) is 1. The van der Waals surface area contributed by atoms with E-state index in [9.17, 15) is 0 Å². The van der Waals surface area contributed by atoms with E-state index in [4.69, 9.17) is 20.4 Å². The Balaban J connectivity index is 2.55. The van der Waals surface area contributed by atoms with Gasteiger partial charge in [0.15, 0.2) is 11.5 Å². The summed E-state index contributed by atoms with van der Waals surface area (Å²) in [5.74, 6) is -0.424. The molecule has 0 saturated carbocycles. The number of phenols is 2. The first-order valence-corrected chi connectivity index (χ1v) is 4.18. The molecule has 0 saturated heterocycles. The van der Waals surface area contributed by atoms with E-state index in [0.717, 1.165) is 0 Å². The highest BCUT2D eigenvalue weighted by Crippen LogP contribution is 2.27. The van der Waals surface area contributed by atoms with Crippen molar-refractivity contribution in [3.05, 3.63) is 18.2 Å². The van der Waals surface area contributed by atoms with Crippen LogP contribution in [-0.2, 0) is 0 Å². The first kappa shape index (κ1) is 10.6. The van der Waals surface area contributed by atoms with E-state index in [0.29, 0.717) is 5.69 Å². The molecule has 0 aliphatic carbocycles. The van der Waals surface area contributed by atoms with Crippen molar-refractivity contribution in [2.24, 2.45) is 0 Å². The van der Waals surface area contributed by atoms with Gasteiger partial charge in [0, 0.05) is 18.3 Å². The van der Waals surface area contributed by atoms with Crippen LogP contribution in [-0.4, -0.2) is 39.7 Å². The summed E-state index contributed by atoms with van der Waals surface area (Å²) >= 11 is 0. The summed E-state index contributed by atoms with van der Waals surface area (Å²) in [5, 5.41) is 38.5. The summed E-state index contributed by atoms with van der Waals surface area (Å²) in [5.41, 5.74) is 0.563. The highest BCUT2D eigenvalue weighted by molar-refractivity contribution is 5.53. The van der Waals surface area contributed by atoms with Gasteiger partial charge in [-0.3, -0.25) is 0 Å². The molecule has 14 heavy (non-hydrogen) atoms. The van der Waals surface area contributed by atoms with E-state index in [2.05, 4.69) is 5.32 Å². The molecule has 0 bridgehead atoms. The number of rotatable bonds is 4. The standard InChI is InChI=1S/C9H13NO4/c11-5-7(12)4-10-6-1-2-8(13)9(14)3-6/h1-3,7,10-14H,4-5H2. The summed E-state index contributed by atoms with van der Waals surface area (Å²) in [6, 6.07) is 4.22. The van der Waals surface area contributed by atoms with Gasteiger partial charge in [-0.1, -0.05) is 0 Å². The molecule has 5 N–H and O–H groups in total. The molecule has 0 amide bonds. The summed E-state index contributed by atoms with van der Waals surface area (Å²) in [6.45, 7) is -0.141. The second-order valence-corrected chi connectivity index (χ2v) is 2.92. The molecule has 5 nitrogen and oxygen atoms in total. The van der Waals surface area contributed by atoms with Gasteiger partial charge in [-0.2, -0.15) is 0 Å². The van der Waals surface area contributed by atoms with Crippen molar-refractivity contribution in [3.8, 4) is 11.5 Å². The topological polar surface area (TPSA) is 93.0 Å². The maximum atomic E-state index is 9.12. The molecule has 1 unspecified atom stereocenters. The highest BCUT2D eigenvalue weighted by atomic mass is 16.3. The zero-order chi connectivity index (χ0) is 10.6. The quantitative estimate of drug-likeness (QED) is 0.344. The third-order valence-electron chi connectivity index (χ3n) is 1.73. The van der Waals surface area contributed by atoms with E-state index < -0.39 is 6.10 Å². The van der Waals surface area contributed by atoms with Crippen molar-refractivity contribution in [2.45, 2.75) is 6.10 Å². The maximum Gasteiger partial charge on any atom is 0.159 e. The highest BCUT2D eigenvalue weighted by Gasteiger charge is 2.03. The van der Waals surface area contributed by atoms with Crippen LogP contribution in [0.4, 0.5) is 5.69 Å². The first-order chi connectivity index (χ1) is 6.63. The molecule has 0 spiro atoms. The zero-order valence-electron chi connectivity index (χ0n) is 7.51. The predicted molar refractivity (Wildman–Crippen MR) is 51.4 cm³/mol. The first-order valence-electron chi connectivity index (χ1n) is 4.18. The molecule has 0 aliphatic heterocycles. The van der Waals surface area contributed by atoms with Crippen LogP contribution < -0.4 is 5.32 Å². The molecule has 1 aromatic carbocycles. The molecular formula is C9H13NO4. The van der Waals surface area contributed by atoms with E-state index in [1.165, 1.54) is 12.1 Å². The van der Waals surface area contributed by atoms with Gasteiger partial charge < -0.3 is 25.7 Å². The Morgan fingerprint density at radius 2 is 1.93 bits per heavy atom. The minimum absolute atomic E-state index is 0.181. The Hall–Kier alpha value is -1.46. The molecule has 1 aromatic rings. The molecule has 0 fully saturated rings. The van der Waals surface area contributed by atoms with Crippen molar-refractivity contribution >= 4 is 5.69 Å². The lowest BCUT2D eigenvalue weighted by molar-refractivity contribution is 0.105. The lowest BCUT2D eigenvalue weighted by atomic mass is 10.2. The van der Waals surface area contributed by atoms with Crippen molar-refractivity contribution in [3.63, 3.8) is 0 Å². The Labute approximate surface area is 81.3 Å². The van der Waals surface area contributed by atoms with Crippen molar-refractivity contribution in [1.82, 2.24) is 0 Å². The average Bonchev–Trinajstić information content (AvgIpc) is 2.19. The minimum atomic E-state index is -0.842. The smallest absolute Gasteiger partial charge is 0.159 e.